The van der Waals surface area contributed by atoms with E-state index in [2.05, 4.69) is 9.72 Å². The Morgan fingerprint density at radius 2 is 1.81 bits per heavy atom. The highest BCUT2D eigenvalue weighted by molar-refractivity contribution is 6.12. The van der Waals surface area contributed by atoms with Gasteiger partial charge in [-0.05, 0) is 37.6 Å². The number of hydrogen-bond donors (Lipinski definition) is 0. The van der Waals surface area contributed by atoms with Crippen LogP contribution in [0.1, 0.15) is 32.8 Å². The quantitative estimate of drug-likeness (QED) is 0.294. The van der Waals surface area contributed by atoms with Crippen LogP contribution in [0.3, 0.4) is 0 Å². The maximum Gasteiger partial charge on any atom is 0.334 e. The molecule has 0 amide bonds. The molecule has 2 aromatic carbocycles. The number of oxime groups is 1. The van der Waals surface area contributed by atoms with Gasteiger partial charge < -0.3 is 9.40 Å². The first-order valence-corrected chi connectivity index (χ1v) is 8.41. The zero-order valence-electron chi connectivity index (χ0n) is 14.9. The SMILES string of the molecule is CCC(=O)O/N=C(/C)c1ccc2c(c1)c1cc([N+](=O)[O-])ccc1n2CC. The molecule has 0 fully saturated rings. The second-order valence-electron chi connectivity index (χ2n) is 5.93. The van der Waals surface area contributed by atoms with Crippen molar-refractivity contribution in [1.82, 2.24) is 4.57 Å². The number of benzene rings is 2. The van der Waals surface area contributed by atoms with Gasteiger partial charge in [0, 0.05) is 46.9 Å². The molecule has 0 unspecified atom stereocenters. The van der Waals surface area contributed by atoms with Crippen molar-refractivity contribution in [3.8, 4) is 0 Å². The molecule has 7 nitrogen and oxygen atoms in total. The van der Waals surface area contributed by atoms with Crippen LogP contribution in [0.5, 0.6) is 0 Å². The Balaban J connectivity index is 2.18. The van der Waals surface area contributed by atoms with Crippen LogP contribution in [0.4, 0.5) is 5.69 Å². The zero-order chi connectivity index (χ0) is 18.8. The summed E-state index contributed by atoms with van der Waals surface area (Å²) in [6, 6.07) is 10.7. The molecule has 0 spiro atoms. The molecule has 26 heavy (non-hydrogen) atoms. The summed E-state index contributed by atoms with van der Waals surface area (Å²) in [4.78, 5) is 26.9. The molecule has 0 radical (unpaired) electrons. The lowest BCUT2D eigenvalue weighted by Gasteiger charge is -2.04. The van der Waals surface area contributed by atoms with Crippen LogP contribution in [-0.2, 0) is 16.2 Å². The van der Waals surface area contributed by atoms with E-state index in [1.54, 1.807) is 26.0 Å². The third-order valence-corrected chi connectivity index (χ3v) is 4.37. The summed E-state index contributed by atoms with van der Waals surface area (Å²) in [6.07, 6.45) is 0.253. The molecular formula is C19H19N3O4. The maximum atomic E-state index is 11.3. The minimum atomic E-state index is -0.399. The van der Waals surface area contributed by atoms with Crippen LogP contribution < -0.4 is 0 Å². The van der Waals surface area contributed by atoms with Gasteiger partial charge in [0.2, 0.25) is 0 Å². The van der Waals surface area contributed by atoms with Crippen LogP contribution in [0, 0.1) is 10.1 Å². The number of nitrogens with zero attached hydrogens (tertiary/aromatic N) is 3. The first-order chi connectivity index (χ1) is 12.5. The predicted molar refractivity (Wildman–Crippen MR) is 100 cm³/mol. The standard InChI is InChI=1S/C19H19N3O4/c1-4-19(23)26-20-12(3)13-6-8-17-15(10-13)16-11-14(22(24)25)7-9-18(16)21(17)5-2/h6-11H,4-5H2,1-3H3/b20-12-. The van der Waals surface area contributed by atoms with E-state index in [0.29, 0.717) is 5.71 Å². The van der Waals surface area contributed by atoms with E-state index >= 15 is 0 Å². The summed E-state index contributed by atoms with van der Waals surface area (Å²) in [7, 11) is 0. The normalized spacial score (nSPS) is 11.9. The summed E-state index contributed by atoms with van der Waals surface area (Å²) >= 11 is 0. The first kappa shape index (κ1) is 17.6. The molecule has 134 valence electrons. The lowest BCUT2D eigenvalue weighted by atomic mass is 10.1. The van der Waals surface area contributed by atoms with Gasteiger partial charge >= 0.3 is 5.97 Å². The Labute approximate surface area is 150 Å². The molecule has 3 aromatic rings. The number of fused-ring (bicyclic) bond motifs is 3. The molecule has 1 heterocycles. The number of aromatic nitrogens is 1. The van der Waals surface area contributed by atoms with E-state index in [-0.39, 0.29) is 12.1 Å². The van der Waals surface area contributed by atoms with Crippen LogP contribution in [0.15, 0.2) is 41.6 Å². The number of nitro benzene ring substituents is 1. The zero-order valence-corrected chi connectivity index (χ0v) is 14.9. The van der Waals surface area contributed by atoms with Gasteiger partial charge in [-0.3, -0.25) is 10.1 Å². The molecule has 0 saturated carbocycles. The average Bonchev–Trinajstić information content (AvgIpc) is 2.97. The van der Waals surface area contributed by atoms with Gasteiger partial charge in [-0.25, -0.2) is 4.79 Å². The molecule has 0 bridgehead atoms. The van der Waals surface area contributed by atoms with E-state index in [1.165, 1.54) is 6.07 Å². The van der Waals surface area contributed by atoms with Crippen molar-refractivity contribution >= 4 is 39.2 Å². The second-order valence-corrected chi connectivity index (χ2v) is 5.93. The highest BCUT2D eigenvalue weighted by Crippen LogP contribution is 2.32. The Morgan fingerprint density at radius 1 is 1.15 bits per heavy atom. The maximum absolute atomic E-state index is 11.3. The third-order valence-electron chi connectivity index (χ3n) is 4.37. The van der Waals surface area contributed by atoms with Gasteiger partial charge in [0.25, 0.3) is 5.69 Å². The molecule has 1 aromatic heterocycles. The summed E-state index contributed by atoms with van der Waals surface area (Å²) in [5.41, 5.74) is 3.35. The first-order valence-electron chi connectivity index (χ1n) is 8.41. The fraction of sp³-hybridized carbons (Fsp3) is 0.263. The van der Waals surface area contributed by atoms with E-state index in [9.17, 15) is 14.9 Å². The van der Waals surface area contributed by atoms with Crippen LogP contribution in [0.2, 0.25) is 0 Å². The summed E-state index contributed by atoms with van der Waals surface area (Å²) in [6.45, 7) is 6.24. The topological polar surface area (TPSA) is 86.7 Å². The molecule has 3 rings (SSSR count). The third kappa shape index (κ3) is 3.03. The Kier molecular flexibility index (Phi) is 4.71. The molecule has 0 N–H and O–H groups in total. The number of nitro groups is 1. The van der Waals surface area contributed by atoms with Gasteiger partial charge in [0.05, 0.1) is 10.6 Å². The molecule has 0 aliphatic heterocycles. The number of carbonyl (C=O) groups excluding carboxylic acids is 1. The fourth-order valence-corrected chi connectivity index (χ4v) is 3.01. The molecular weight excluding hydrogens is 334 g/mol. The van der Waals surface area contributed by atoms with Crippen molar-refractivity contribution in [3.63, 3.8) is 0 Å². The highest BCUT2D eigenvalue weighted by Gasteiger charge is 2.15. The Bertz CT molecular complexity index is 1050. The van der Waals surface area contributed by atoms with E-state index in [4.69, 9.17) is 4.84 Å². The van der Waals surface area contributed by atoms with Crippen molar-refractivity contribution in [2.24, 2.45) is 5.16 Å². The average molecular weight is 353 g/mol. The minimum Gasteiger partial charge on any atom is -0.341 e. The Morgan fingerprint density at radius 3 is 2.42 bits per heavy atom. The lowest BCUT2D eigenvalue weighted by Crippen LogP contribution is -2.01. The number of rotatable bonds is 5. The minimum absolute atomic E-state index is 0.0559. The van der Waals surface area contributed by atoms with Gasteiger partial charge in [0.1, 0.15) is 0 Å². The lowest BCUT2D eigenvalue weighted by molar-refractivity contribution is -0.384. The summed E-state index contributed by atoms with van der Waals surface area (Å²) < 4.78 is 2.11. The van der Waals surface area contributed by atoms with Gasteiger partial charge in [-0.15, -0.1) is 0 Å². The second kappa shape index (κ2) is 6.95. The molecule has 7 heteroatoms. The summed E-state index contributed by atoms with van der Waals surface area (Å²) in [5, 5.41) is 16.7. The molecule has 0 aliphatic carbocycles. The summed E-state index contributed by atoms with van der Waals surface area (Å²) in [5.74, 6) is -0.399. The number of carbonyl (C=O) groups is 1. The largest absolute Gasteiger partial charge is 0.341 e. The van der Waals surface area contributed by atoms with Gasteiger partial charge in [0.15, 0.2) is 0 Å². The smallest absolute Gasteiger partial charge is 0.334 e. The highest BCUT2D eigenvalue weighted by atomic mass is 16.7. The van der Waals surface area contributed by atoms with Crippen LogP contribution >= 0.6 is 0 Å². The van der Waals surface area contributed by atoms with Crippen molar-refractivity contribution in [2.75, 3.05) is 0 Å². The van der Waals surface area contributed by atoms with E-state index in [1.807, 2.05) is 25.1 Å². The van der Waals surface area contributed by atoms with Crippen molar-refractivity contribution < 1.29 is 14.6 Å². The molecule has 0 atom stereocenters. The van der Waals surface area contributed by atoms with Crippen LogP contribution in [0.25, 0.3) is 21.8 Å². The number of hydrogen-bond acceptors (Lipinski definition) is 5. The molecule has 0 aliphatic rings. The van der Waals surface area contributed by atoms with Crippen molar-refractivity contribution in [2.45, 2.75) is 33.7 Å². The van der Waals surface area contributed by atoms with Crippen molar-refractivity contribution in [1.29, 1.82) is 0 Å². The van der Waals surface area contributed by atoms with Crippen molar-refractivity contribution in [3.05, 3.63) is 52.1 Å². The van der Waals surface area contributed by atoms with E-state index < -0.39 is 10.9 Å². The number of aryl methyl sites for hydroxylation is 1. The van der Waals surface area contributed by atoms with Gasteiger partial charge in [-0.1, -0.05) is 18.1 Å². The fourth-order valence-electron chi connectivity index (χ4n) is 3.01. The Hall–Kier alpha value is -3.22. The van der Waals surface area contributed by atoms with Crippen LogP contribution in [-0.4, -0.2) is 21.2 Å². The van der Waals surface area contributed by atoms with E-state index in [0.717, 1.165) is 33.9 Å². The predicted octanol–water partition coefficient (Wildman–Crippen LogP) is 4.40. The number of non-ortho nitro benzene ring substituents is 1. The van der Waals surface area contributed by atoms with Gasteiger partial charge in [-0.2, -0.15) is 0 Å². The monoisotopic (exact) mass is 353 g/mol. The molecule has 0 saturated heterocycles.